The van der Waals surface area contributed by atoms with Crippen LogP contribution in [0.15, 0.2) is 18.2 Å². The third kappa shape index (κ3) is 1.75. The molecule has 1 aromatic rings. The highest BCUT2D eigenvalue weighted by Gasteiger charge is 2.53. The van der Waals surface area contributed by atoms with Crippen molar-refractivity contribution in [3.63, 3.8) is 0 Å². The van der Waals surface area contributed by atoms with Gasteiger partial charge < -0.3 is 11.1 Å². The largest absolute Gasteiger partial charge is 0.397 e. The van der Waals surface area contributed by atoms with Crippen molar-refractivity contribution in [2.75, 3.05) is 17.6 Å². The third-order valence-corrected chi connectivity index (χ3v) is 4.31. The molecule has 16 heavy (non-hydrogen) atoms. The first-order chi connectivity index (χ1) is 7.71. The minimum Gasteiger partial charge on any atom is -0.397 e. The van der Waals surface area contributed by atoms with E-state index < -0.39 is 0 Å². The number of hydrogen-bond donors (Lipinski definition) is 2. The van der Waals surface area contributed by atoms with Crippen LogP contribution in [0.4, 0.5) is 11.4 Å². The van der Waals surface area contributed by atoms with Crippen LogP contribution < -0.4 is 11.1 Å². The Hall–Kier alpha value is -0.890. The van der Waals surface area contributed by atoms with Crippen LogP contribution in [0.3, 0.4) is 0 Å². The smallest absolute Gasteiger partial charge is 0.0763 e. The molecular formula is C13H17ClN2. The standard InChI is InChI=1S/C13H17ClN2/c14-10-2-1-3-11(15)12(10)16-8-13(6-7-13)9-4-5-9/h1-3,9,16H,4-8,15H2. The molecule has 0 atom stereocenters. The molecule has 1 aromatic carbocycles. The number of rotatable bonds is 4. The van der Waals surface area contributed by atoms with Gasteiger partial charge in [-0.2, -0.15) is 0 Å². The Balaban J connectivity index is 1.70. The molecule has 0 heterocycles. The zero-order chi connectivity index (χ0) is 11.2. The van der Waals surface area contributed by atoms with Crippen molar-refractivity contribution in [1.82, 2.24) is 0 Å². The Kier molecular flexibility index (Phi) is 2.28. The van der Waals surface area contributed by atoms with Crippen molar-refractivity contribution in [2.24, 2.45) is 11.3 Å². The molecule has 0 amide bonds. The van der Waals surface area contributed by atoms with Gasteiger partial charge in [-0.15, -0.1) is 0 Å². The van der Waals surface area contributed by atoms with Crippen molar-refractivity contribution >= 4 is 23.0 Å². The van der Waals surface area contributed by atoms with Crippen LogP contribution in [0.1, 0.15) is 25.7 Å². The lowest BCUT2D eigenvalue weighted by Gasteiger charge is -2.17. The van der Waals surface area contributed by atoms with Crippen LogP contribution in [0.5, 0.6) is 0 Å². The van der Waals surface area contributed by atoms with E-state index >= 15 is 0 Å². The summed E-state index contributed by atoms with van der Waals surface area (Å²) in [7, 11) is 0. The van der Waals surface area contributed by atoms with E-state index in [1.165, 1.54) is 25.7 Å². The lowest BCUT2D eigenvalue weighted by atomic mass is 10.0. The van der Waals surface area contributed by atoms with Crippen LogP contribution in [-0.2, 0) is 0 Å². The Morgan fingerprint density at radius 2 is 2.12 bits per heavy atom. The summed E-state index contributed by atoms with van der Waals surface area (Å²) in [5.74, 6) is 0.962. The molecule has 2 aliphatic rings. The fourth-order valence-corrected chi connectivity index (χ4v) is 2.83. The van der Waals surface area contributed by atoms with E-state index in [2.05, 4.69) is 5.32 Å². The molecular weight excluding hydrogens is 220 g/mol. The lowest BCUT2D eigenvalue weighted by Crippen LogP contribution is -2.18. The molecule has 0 radical (unpaired) electrons. The predicted molar refractivity (Wildman–Crippen MR) is 68.7 cm³/mol. The summed E-state index contributed by atoms with van der Waals surface area (Å²) in [6, 6.07) is 5.67. The maximum atomic E-state index is 6.13. The SMILES string of the molecule is Nc1cccc(Cl)c1NCC1(C2CC2)CC1. The van der Waals surface area contributed by atoms with E-state index in [4.69, 9.17) is 17.3 Å². The lowest BCUT2D eigenvalue weighted by molar-refractivity contribution is 0.467. The van der Waals surface area contributed by atoms with Gasteiger partial charge >= 0.3 is 0 Å². The molecule has 2 fully saturated rings. The maximum absolute atomic E-state index is 6.13. The van der Waals surface area contributed by atoms with Gasteiger partial charge in [0.05, 0.1) is 16.4 Å². The van der Waals surface area contributed by atoms with Gasteiger partial charge in [-0.3, -0.25) is 0 Å². The fraction of sp³-hybridized carbons (Fsp3) is 0.538. The minimum absolute atomic E-state index is 0.575. The zero-order valence-corrected chi connectivity index (χ0v) is 10.1. The quantitative estimate of drug-likeness (QED) is 0.785. The Labute approximate surface area is 101 Å². The van der Waals surface area contributed by atoms with Gasteiger partial charge in [0.2, 0.25) is 0 Å². The van der Waals surface area contributed by atoms with Crippen molar-refractivity contribution in [3.05, 3.63) is 23.2 Å². The third-order valence-electron chi connectivity index (χ3n) is 4.00. The van der Waals surface area contributed by atoms with E-state index in [1.54, 1.807) is 0 Å². The topological polar surface area (TPSA) is 38.0 Å². The molecule has 0 aromatic heterocycles. The number of benzene rings is 1. The minimum atomic E-state index is 0.575. The van der Waals surface area contributed by atoms with Crippen LogP contribution >= 0.6 is 11.6 Å². The first kappa shape index (κ1) is 10.3. The van der Waals surface area contributed by atoms with Crippen molar-refractivity contribution in [2.45, 2.75) is 25.7 Å². The molecule has 2 aliphatic carbocycles. The summed E-state index contributed by atoms with van der Waals surface area (Å²) >= 11 is 6.13. The molecule has 3 N–H and O–H groups in total. The zero-order valence-electron chi connectivity index (χ0n) is 9.30. The Morgan fingerprint density at radius 3 is 2.69 bits per heavy atom. The number of anilines is 2. The molecule has 3 rings (SSSR count). The van der Waals surface area contributed by atoms with Crippen LogP contribution in [0, 0.1) is 11.3 Å². The summed E-state index contributed by atoms with van der Waals surface area (Å²) in [6.07, 6.45) is 5.57. The van der Waals surface area contributed by atoms with Gasteiger partial charge in [-0.05, 0) is 49.1 Å². The fourth-order valence-electron chi connectivity index (χ4n) is 2.58. The second kappa shape index (κ2) is 3.56. The second-order valence-corrected chi connectivity index (χ2v) is 5.60. The molecule has 3 heteroatoms. The summed E-state index contributed by atoms with van der Waals surface area (Å²) < 4.78 is 0. The normalized spacial score (nSPS) is 21.8. The number of halogens is 1. The summed E-state index contributed by atoms with van der Waals surface area (Å²) in [4.78, 5) is 0. The number of nitrogen functional groups attached to an aromatic ring is 1. The van der Waals surface area contributed by atoms with E-state index in [0.717, 1.165) is 28.9 Å². The molecule has 2 nitrogen and oxygen atoms in total. The molecule has 0 spiro atoms. The van der Waals surface area contributed by atoms with Crippen molar-refractivity contribution in [3.8, 4) is 0 Å². The molecule has 0 unspecified atom stereocenters. The van der Waals surface area contributed by atoms with E-state index in [-0.39, 0.29) is 0 Å². The van der Waals surface area contributed by atoms with Crippen LogP contribution in [0.25, 0.3) is 0 Å². The van der Waals surface area contributed by atoms with Gasteiger partial charge in [0.25, 0.3) is 0 Å². The predicted octanol–water partition coefficient (Wildman–Crippen LogP) is 3.52. The molecule has 2 saturated carbocycles. The van der Waals surface area contributed by atoms with E-state index in [9.17, 15) is 0 Å². The highest BCUT2D eigenvalue weighted by atomic mass is 35.5. The molecule has 0 bridgehead atoms. The van der Waals surface area contributed by atoms with E-state index in [1.807, 2.05) is 18.2 Å². The van der Waals surface area contributed by atoms with Gasteiger partial charge in [-0.1, -0.05) is 17.7 Å². The van der Waals surface area contributed by atoms with E-state index in [0.29, 0.717) is 5.41 Å². The van der Waals surface area contributed by atoms with Crippen molar-refractivity contribution in [1.29, 1.82) is 0 Å². The average molecular weight is 237 g/mol. The van der Waals surface area contributed by atoms with Gasteiger partial charge in [0.1, 0.15) is 0 Å². The number of hydrogen-bond acceptors (Lipinski definition) is 2. The molecule has 0 saturated heterocycles. The Morgan fingerprint density at radius 1 is 1.38 bits per heavy atom. The average Bonchev–Trinajstić information content (AvgIpc) is 3.12. The van der Waals surface area contributed by atoms with Crippen molar-refractivity contribution < 1.29 is 0 Å². The number of nitrogens with two attached hydrogens (primary N) is 1. The van der Waals surface area contributed by atoms with Crippen LogP contribution in [-0.4, -0.2) is 6.54 Å². The first-order valence-corrected chi connectivity index (χ1v) is 6.37. The monoisotopic (exact) mass is 236 g/mol. The molecule has 0 aliphatic heterocycles. The summed E-state index contributed by atoms with van der Waals surface area (Å²) in [5.41, 5.74) is 8.15. The highest BCUT2D eigenvalue weighted by molar-refractivity contribution is 6.33. The maximum Gasteiger partial charge on any atom is 0.0763 e. The first-order valence-electron chi connectivity index (χ1n) is 5.99. The van der Waals surface area contributed by atoms with Crippen LogP contribution in [0.2, 0.25) is 5.02 Å². The number of nitrogens with one attached hydrogen (secondary N) is 1. The highest BCUT2D eigenvalue weighted by Crippen LogP contribution is 2.61. The van der Waals surface area contributed by atoms with Gasteiger partial charge in [0, 0.05) is 6.54 Å². The number of para-hydroxylation sites is 1. The Bertz CT molecular complexity index is 388. The summed E-state index contributed by atoms with van der Waals surface area (Å²) in [6.45, 7) is 1.03. The second-order valence-electron chi connectivity index (χ2n) is 5.19. The van der Waals surface area contributed by atoms with Gasteiger partial charge in [-0.25, -0.2) is 0 Å². The summed E-state index contributed by atoms with van der Waals surface area (Å²) in [5, 5.41) is 4.18. The van der Waals surface area contributed by atoms with Gasteiger partial charge in [0.15, 0.2) is 0 Å². The molecule has 86 valence electrons.